The predicted molar refractivity (Wildman–Crippen MR) is 92.8 cm³/mol. The van der Waals surface area contributed by atoms with Crippen molar-refractivity contribution in [3.8, 4) is 17.2 Å². The molecular formula is C17H13ClN2O3S. The van der Waals surface area contributed by atoms with Crippen LogP contribution >= 0.6 is 23.4 Å². The number of ether oxygens (including phenoxy) is 1. The Hall–Kier alpha value is -2.31. The van der Waals surface area contributed by atoms with E-state index in [1.54, 1.807) is 55.6 Å². The van der Waals surface area contributed by atoms with Gasteiger partial charge in [-0.3, -0.25) is 4.79 Å². The summed E-state index contributed by atoms with van der Waals surface area (Å²) in [5, 5.41) is 8.92. The van der Waals surface area contributed by atoms with E-state index in [9.17, 15) is 4.79 Å². The number of hydrogen-bond donors (Lipinski definition) is 0. The average Bonchev–Trinajstić information content (AvgIpc) is 3.09. The second-order valence-electron chi connectivity index (χ2n) is 4.82. The number of carbonyl (C=O) groups excluding carboxylic acids is 1. The number of methoxy groups -OCH3 is 1. The van der Waals surface area contributed by atoms with Crippen molar-refractivity contribution in [1.29, 1.82) is 0 Å². The molecule has 0 aliphatic rings. The van der Waals surface area contributed by atoms with E-state index in [0.29, 0.717) is 27.4 Å². The SMILES string of the molecule is COc1ccc(C(=O)CSc2nnc(-c3ccc(Cl)cc3)o2)cc1. The first-order valence-electron chi connectivity index (χ1n) is 7.05. The minimum Gasteiger partial charge on any atom is -0.497 e. The summed E-state index contributed by atoms with van der Waals surface area (Å²) in [5.74, 6) is 1.30. The summed E-state index contributed by atoms with van der Waals surface area (Å²) in [7, 11) is 1.58. The first kappa shape index (κ1) is 16.5. The summed E-state index contributed by atoms with van der Waals surface area (Å²) >= 11 is 7.05. The smallest absolute Gasteiger partial charge is 0.277 e. The van der Waals surface area contributed by atoms with Crippen molar-refractivity contribution in [2.45, 2.75) is 5.22 Å². The zero-order valence-corrected chi connectivity index (χ0v) is 14.3. The molecule has 3 rings (SSSR count). The van der Waals surface area contributed by atoms with E-state index in [2.05, 4.69) is 10.2 Å². The number of hydrogen-bond acceptors (Lipinski definition) is 6. The molecule has 122 valence electrons. The second-order valence-corrected chi connectivity index (χ2v) is 6.18. The lowest BCUT2D eigenvalue weighted by Gasteiger charge is -2.01. The van der Waals surface area contributed by atoms with Gasteiger partial charge < -0.3 is 9.15 Å². The number of thioether (sulfide) groups is 1. The van der Waals surface area contributed by atoms with E-state index < -0.39 is 0 Å². The van der Waals surface area contributed by atoms with Crippen LogP contribution in [0.15, 0.2) is 58.2 Å². The molecule has 0 atom stereocenters. The van der Waals surface area contributed by atoms with Crippen molar-refractivity contribution in [1.82, 2.24) is 10.2 Å². The van der Waals surface area contributed by atoms with Gasteiger partial charge in [0, 0.05) is 16.1 Å². The zero-order chi connectivity index (χ0) is 16.9. The number of benzene rings is 2. The molecule has 24 heavy (non-hydrogen) atoms. The number of rotatable bonds is 6. The highest BCUT2D eigenvalue weighted by molar-refractivity contribution is 7.99. The minimum atomic E-state index is -0.0195. The maximum atomic E-state index is 12.2. The molecule has 0 bridgehead atoms. The van der Waals surface area contributed by atoms with E-state index in [-0.39, 0.29) is 11.5 Å². The first-order chi connectivity index (χ1) is 11.7. The van der Waals surface area contributed by atoms with Gasteiger partial charge in [0.2, 0.25) is 5.89 Å². The van der Waals surface area contributed by atoms with Crippen LogP contribution in [0.3, 0.4) is 0 Å². The van der Waals surface area contributed by atoms with Crippen LogP contribution in [0, 0.1) is 0 Å². The lowest BCUT2D eigenvalue weighted by molar-refractivity contribution is 0.102. The maximum Gasteiger partial charge on any atom is 0.277 e. The van der Waals surface area contributed by atoms with Crippen LogP contribution in [0.4, 0.5) is 0 Å². The first-order valence-corrected chi connectivity index (χ1v) is 8.41. The lowest BCUT2D eigenvalue weighted by atomic mass is 10.1. The fourth-order valence-corrected chi connectivity index (χ4v) is 2.75. The largest absolute Gasteiger partial charge is 0.497 e. The van der Waals surface area contributed by atoms with Gasteiger partial charge in [0.15, 0.2) is 5.78 Å². The molecule has 0 aliphatic carbocycles. The minimum absolute atomic E-state index is 0.0195. The van der Waals surface area contributed by atoms with Gasteiger partial charge in [-0.05, 0) is 48.5 Å². The van der Waals surface area contributed by atoms with E-state index >= 15 is 0 Å². The molecule has 0 unspecified atom stereocenters. The van der Waals surface area contributed by atoms with Gasteiger partial charge in [0.05, 0.1) is 12.9 Å². The highest BCUT2D eigenvalue weighted by Gasteiger charge is 2.12. The molecular weight excluding hydrogens is 348 g/mol. The Balaban J connectivity index is 1.62. The fourth-order valence-electron chi connectivity index (χ4n) is 1.96. The van der Waals surface area contributed by atoms with Crippen LogP contribution in [-0.2, 0) is 0 Å². The summed E-state index contributed by atoms with van der Waals surface area (Å²) in [6.07, 6.45) is 0. The third-order valence-corrected chi connectivity index (χ3v) is 4.31. The highest BCUT2D eigenvalue weighted by Crippen LogP contribution is 2.25. The molecule has 0 amide bonds. The van der Waals surface area contributed by atoms with Crippen molar-refractivity contribution in [3.63, 3.8) is 0 Å². The van der Waals surface area contributed by atoms with Gasteiger partial charge in [0.1, 0.15) is 5.75 Å². The van der Waals surface area contributed by atoms with E-state index in [4.69, 9.17) is 20.8 Å². The number of ketones is 1. The van der Waals surface area contributed by atoms with Crippen molar-refractivity contribution in [2.24, 2.45) is 0 Å². The Morgan fingerprint density at radius 3 is 2.50 bits per heavy atom. The van der Waals surface area contributed by atoms with Gasteiger partial charge in [-0.25, -0.2) is 0 Å². The van der Waals surface area contributed by atoms with E-state index in [1.165, 1.54) is 11.8 Å². The summed E-state index contributed by atoms with van der Waals surface area (Å²) < 4.78 is 10.6. The molecule has 1 heterocycles. The number of nitrogens with zero attached hydrogens (tertiary/aromatic N) is 2. The van der Waals surface area contributed by atoms with Crippen molar-refractivity contribution < 1.29 is 13.9 Å². The Kier molecular flexibility index (Phi) is 5.17. The topological polar surface area (TPSA) is 65.2 Å². The molecule has 1 aromatic heterocycles. The second kappa shape index (κ2) is 7.51. The van der Waals surface area contributed by atoms with Crippen LogP contribution in [0.1, 0.15) is 10.4 Å². The Morgan fingerprint density at radius 1 is 1.12 bits per heavy atom. The highest BCUT2D eigenvalue weighted by atomic mass is 35.5. The summed E-state index contributed by atoms with van der Waals surface area (Å²) in [5.41, 5.74) is 1.39. The van der Waals surface area contributed by atoms with Gasteiger partial charge >= 0.3 is 0 Å². The normalized spacial score (nSPS) is 10.6. The van der Waals surface area contributed by atoms with Crippen LogP contribution < -0.4 is 4.74 Å². The number of aromatic nitrogens is 2. The van der Waals surface area contributed by atoms with Crippen LogP contribution in [0.2, 0.25) is 5.02 Å². The van der Waals surface area contributed by atoms with Crippen molar-refractivity contribution in [3.05, 3.63) is 59.1 Å². The third kappa shape index (κ3) is 3.96. The standard InChI is InChI=1S/C17H13ClN2O3S/c1-22-14-8-4-11(5-9-14)15(21)10-24-17-20-19-16(23-17)12-2-6-13(18)7-3-12/h2-9H,10H2,1H3. The van der Waals surface area contributed by atoms with Crippen LogP contribution in [0.5, 0.6) is 5.75 Å². The number of Topliss-reactive ketones (excluding diaryl/α,β-unsaturated/α-hetero) is 1. The van der Waals surface area contributed by atoms with Gasteiger partial charge in [-0.2, -0.15) is 0 Å². The summed E-state index contributed by atoms with van der Waals surface area (Å²) in [4.78, 5) is 12.2. The predicted octanol–water partition coefficient (Wildman–Crippen LogP) is 4.37. The summed E-state index contributed by atoms with van der Waals surface area (Å²) in [6, 6.07) is 14.1. The molecule has 0 saturated heterocycles. The number of carbonyl (C=O) groups is 1. The van der Waals surface area contributed by atoms with Gasteiger partial charge in [0.25, 0.3) is 5.22 Å². The Bertz CT molecular complexity index is 832. The quantitative estimate of drug-likeness (QED) is 0.480. The molecule has 0 fully saturated rings. The molecule has 0 radical (unpaired) electrons. The lowest BCUT2D eigenvalue weighted by Crippen LogP contribution is -2.02. The molecule has 3 aromatic rings. The van der Waals surface area contributed by atoms with Gasteiger partial charge in [-0.1, -0.05) is 23.4 Å². The molecule has 2 aromatic carbocycles. The molecule has 0 aliphatic heterocycles. The molecule has 0 N–H and O–H groups in total. The Morgan fingerprint density at radius 2 is 1.83 bits per heavy atom. The Labute approximate surface area is 148 Å². The molecule has 5 nitrogen and oxygen atoms in total. The third-order valence-electron chi connectivity index (χ3n) is 3.24. The van der Waals surface area contributed by atoms with E-state index in [1.807, 2.05) is 0 Å². The molecule has 7 heteroatoms. The molecule has 0 spiro atoms. The van der Waals surface area contributed by atoms with Crippen molar-refractivity contribution in [2.75, 3.05) is 12.9 Å². The number of halogens is 1. The molecule has 0 saturated carbocycles. The fraction of sp³-hybridized carbons (Fsp3) is 0.118. The van der Waals surface area contributed by atoms with Crippen LogP contribution in [-0.4, -0.2) is 28.8 Å². The zero-order valence-electron chi connectivity index (χ0n) is 12.7. The monoisotopic (exact) mass is 360 g/mol. The van der Waals surface area contributed by atoms with E-state index in [0.717, 1.165) is 5.56 Å². The van der Waals surface area contributed by atoms with Gasteiger partial charge in [-0.15, -0.1) is 10.2 Å². The maximum absolute atomic E-state index is 12.2. The summed E-state index contributed by atoms with van der Waals surface area (Å²) in [6.45, 7) is 0. The van der Waals surface area contributed by atoms with Crippen molar-refractivity contribution >= 4 is 29.1 Å². The average molecular weight is 361 g/mol. The van der Waals surface area contributed by atoms with Crippen LogP contribution in [0.25, 0.3) is 11.5 Å².